The molecule has 2 aromatic heterocycles. The second-order valence-electron chi connectivity index (χ2n) is 5.30. The highest BCUT2D eigenvalue weighted by atomic mass is 16.7. The van der Waals surface area contributed by atoms with Crippen molar-refractivity contribution in [2.24, 2.45) is 0 Å². The fraction of sp³-hybridized carbons (Fsp3) is 0. The lowest BCUT2D eigenvalue weighted by Crippen LogP contribution is -2.25. The van der Waals surface area contributed by atoms with Gasteiger partial charge in [0.2, 0.25) is 0 Å². The molecule has 25 heavy (non-hydrogen) atoms. The van der Waals surface area contributed by atoms with Crippen LogP contribution in [-0.4, -0.2) is 15.0 Å². The van der Waals surface area contributed by atoms with Crippen LogP contribution >= 0.6 is 0 Å². The third-order valence-corrected chi connectivity index (χ3v) is 3.66. The number of rotatable bonds is 4. The number of aromatic nitrogens is 3. The van der Waals surface area contributed by atoms with Gasteiger partial charge in [-0.2, -0.15) is 5.06 Å². The van der Waals surface area contributed by atoms with Crippen LogP contribution in [0.3, 0.4) is 0 Å². The van der Waals surface area contributed by atoms with Crippen molar-refractivity contribution in [2.45, 2.75) is 0 Å². The van der Waals surface area contributed by atoms with Crippen molar-refractivity contribution in [3.05, 3.63) is 89.6 Å². The van der Waals surface area contributed by atoms with E-state index < -0.39 is 0 Å². The SMILES string of the molecule is O=c1[nH]ccc2ncnc(N(Oc3ccccc3)c3ccccc3)c12. The first-order valence-corrected chi connectivity index (χ1v) is 7.73. The van der Waals surface area contributed by atoms with E-state index in [-0.39, 0.29) is 5.56 Å². The van der Waals surface area contributed by atoms with E-state index in [2.05, 4.69) is 15.0 Å². The van der Waals surface area contributed by atoms with Crippen LogP contribution in [0.5, 0.6) is 5.75 Å². The predicted octanol–water partition coefficient (Wildman–Crippen LogP) is 3.45. The second-order valence-corrected chi connectivity index (χ2v) is 5.30. The summed E-state index contributed by atoms with van der Waals surface area (Å²) in [5.41, 5.74) is 1.02. The Hall–Kier alpha value is -3.67. The van der Waals surface area contributed by atoms with E-state index in [4.69, 9.17) is 4.84 Å². The first-order chi connectivity index (χ1) is 12.3. The molecule has 0 bridgehead atoms. The van der Waals surface area contributed by atoms with Crippen molar-refractivity contribution in [3.63, 3.8) is 0 Å². The van der Waals surface area contributed by atoms with Crippen molar-refractivity contribution >= 4 is 22.4 Å². The first kappa shape index (κ1) is 14.9. The van der Waals surface area contributed by atoms with E-state index in [0.29, 0.717) is 22.5 Å². The summed E-state index contributed by atoms with van der Waals surface area (Å²) in [5.74, 6) is 1.01. The number of pyridine rings is 1. The summed E-state index contributed by atoms with van der Waals surface area (Å²) in [6.07, 6.45) is 2.98. The maximum atomic E-state index is 12.4. The van der Waals surface area contributed by atoms with Gasteiger partial charge in [0.1, 0.15) is 11.7 Å². The molecule has 0 fully saturated rings. The number of hydrogen-bond donors (Lipinski definition) is 1. The lowest BCUT2D eigenvalue weighted by Gasteiger charge is -2.24. The molecule has 122 valence electrons. The van der Waals surface area contributed by atoms with Gasteiger partial charge in [0.05, 0.1) is 11.2 Å². The van der Waals surface area contributed by atoms with Gasteiger partial charge in [-0.15, -0.1) is 0 Å². The Morgan fingerprint density at radius 3 is 2.36 bits per heavy atom. The number of nitrogens with one attached hydrogen (secondary N) is 1. The van der Waals surface area contributed by atoms with Gasteiger partial charge in [-0.3, -0.25) is 4.79 Å². The summed E-state index contributed by atoms with van der Waals surface area (Å²) < 4.78 is 0. The van der Waals surface area contributed by atoms with Crippen LogP contribution < -0.4 is 15.5 Å². The molecule has 0 saturated carbocycles. The summed E-state index contributed by atoms with van der Waals surface area (Å²) in [6.45, 7) is 0. The van der Waals surface area contributed by atoms with E-state index >= 15 is 0 Å². The van der Waals surface area contributed by atoms with E-state index in [1.165, 1.54) is 11.4 Å². The van der Waals surface area contributed by atoms with Crippen LogP contribution in [0.25, 0.3) is 10.9 Å². The molecule has 0 unspecified atom stereocenters. The number of aromatic amines is 1. The Labute approximate surface area is 143 Å². The highest BCUT2D eigenvalue weighted by Crippen LogP contribution is 2.28. The summed E-state index contributed by atoms with van der Waals surface area (Å²) in [7, 11) is 0. The quantitative estimate of drug-likeness (QED) is 0.580. The summed E-state index contributed by atoms with van der Waals surface area (Å²) >= 11 is 0. The third-order valence-electron chi connectivity index (χ3n) is 3.66. The lowest BCUT2D eigenvalue weighted by atomic mass is 10.2. The Kier molecular flexibility index (Phi) is 3.84. The normalized spacial score (nSPS) is 10.6. The van der Waals surface area contributed by atoms with Crippen molar-refractivity contribution in [3.8, 4) is 5.75 Å². The molecule has 6 nitrogen and oxygen atoms in total. The lowest BCUT2D eigenvalue weighted by molar-refractivity contribution is 0.321. The topological polar surface area (TPSA) is 71.1 Å². The minimum atomic E-state index is -0.273. The summed E-state index contributed by atoms with van der Waals surface area (Å²) in [6, 6.07) is 20.5. The Balaban J connectivity index is 1.91. The Morgan fingerprint density at radius 1 is 0.880 bits per heavy atom. The summed E-state index contributed by atoms with van der Waals surface area (Å²) in [5, 5.41) is 1.90. The molecule has 0 radical (unpaired) electrons. The monoisotopic (exact) mass is 330 g/mol. The second kappa shape index (κ2) is 6.45. The molecular formula is C19H14N4O2. The van der Waals surface area contributed by atoms with Gasteiger partial charge in [-0.1, -0.05) is 36.4 Å². The number of hydrogen-bond acceptors (Lipinski definition) is 5. The maximum Gasteiger partial charge on any atom is 0.261 e. The van der Waals surface area contributed by atoms with Crippen LogP contribution in [0.15, 0.2) is 84.0 Å². The zero-order valence-electron chi connectivity index (χ0n) is 13.2. The standard InChI is InChI=1S/C19H14N4O2/c24-19-17-16(11-12-20-19)21-13-22-18(17)23(14-7-3-1-4-8-14)25-15-9-5-2-6-10-15/h1-13H,(H,20,24). The number of benzene rings is 2. The predicted molar refractivity (Wildman–Crippen MR) is 95.8 cm³/mol. The van der Waals surface area contributed by atoms with Crippen molar-refractivity contribution in [1.29, 1.82) is 0 Å². The molecule has 0 aliphatic heterocycles. The van der Waals surface area contributed by atoms with Gasteiger partial charge in [0.25, 0.3) is 5.56 Å². The smallest absolute Gasteiger partial charge is 0.261 e. The highest BCUT2D eigenvalue weighted by molar-refractivity contribution is 5.89. The van der Waals surface area contributed by atoms with Gasteiger partial charge in [-0.05, 0) is 30.3 Å². The molecule has 4 aromatic rings. The Morgan fingerprint density at radius 2 is 1.60 bits per heavy atom. The summed E-state index contributed by atoms with van der Waals surface area (Å²) in [4.78, 5) is 29.6. The zero-order valence-corrected chi connectivity index (χ0v) is 13.2. The van der Waals surface area contributed by atoms with Crippen molar-refractivity contribution < 1.29 is 4.84 Å². The molecule has 0 aliphatic carbocycles. The van der Waals surface area contributed by atoms with Crippen LogP contribution in [-0.2, 0) is 0 Å². The first-order valence-electron chi connectivity index (χ1n) is 7.73. The van der Waals surface area contributed by atoms with Gasteiger partial charge in [-0.25, -0.2) is 9.97 Å². The fourth-order valence-electron chi connectivity index (χ4n) is 2.52. The number of H-pyrrole nitrogens is 1. The third kappa shape index (κ3) is 2.92. The molecule has 0 atom stereocenters. The number of anilines is 2. The van der Waals surface area contributed by atoms with Gasteiger partial charge in [0, 0.05) is 6.20 Å². The molecule has 0 aliphatic rings. The average molecular weight is 330 g/mol. The van der Waals surface area contributed by atoms with Crippen LogP contribution in [0, 0.1) is 0 Å². The van der Waals surface area contributed by atoms with Gasteiger partial charge in [0.15, 0.2) is 11.6 Å². The zero-order chi connectivity index (χ0) is 17.1. The van der Waals surface area contributed by atoms with Crippen molar-refractivity contribution in [2.75, 3.05) is 5.06 Å². The molecular weight excluding hydrogens is 316 g/mol. The van der Waals surface area contributed by atoms with Crippen LogP contribution in [0.4, 0.5) is 11.5 Å². The minimum Gasteiger partial charge on any atom is -0.373 e. The van der Waals surface area contributed by atoms with E-state index in [1.807, 2.05) is 60.7 Å². The van der Waals surface area contributed by atoms with Crippen LogP contribution in [0.1, 0.15) is 0 Å². The molecule has 0 amide bonds. The van der Waals surface area contributed by atoms with Crippen molar-refractivity contribution in [1.82, 2.24) is 15.0 Å². The van der Waals surface area contributed by atoms with E-state index in [9.17, 15) is 4.79 Å². The maximum absolute atomic E-state index is 12.4. The molecule has 2 heterocycles. The van der Waals surface area contributed by atoms with Gasteiger partial charge < -0.3 is 9.82 Å². The molecule has 0 spiro atoms. The molecule has 1 N–H and O–H groups in total. The van der Waals surface area contributed by atoms with Gasteiger partial charge >= 0.3 is 0 Å². The number of nitrogens with zero attached hydrogens (tertiary/aromatic N) is 3. The molecule has 4 rings (SSSR count). The minimum absolute atomic E-state index is 0.273. The Bertz CT molecular complexity index is 1040. The van der Waals surface area contributed by atoms with E-state index in [0.717, 1.165) is 5.69 Å². The fourth-order valence-corrected chi connectivity index (χ4v) is 2.52. The molecule has 2 aromatic carbocycles. The highest BCUT2D eigenvalue weighted by Gasteiger charge is 2.19. The molecule has 6 heteroatoms. The molecule has 0 saturated heterocycles. The van der Waals surface area contributed by atoms with E-state index in [1.54, 1.807) is 12.3 Å². The largest absolute Gasteiger partial charge is 0.373 e. The average Bonchev–Trinajstić information content (AvgIpc) is 2.67. The van der Waals surface area contributed by atoms with Crippen LogP contribution in [0.2, 0.25) is 0 Å². The number of para-hydroxylation sites is 2. The number of fused-ring (bicyclic) bond motifs is 1.